The van der Waals surface area contributed by atoms with E-state index in [1.807, 2.05) is 19.0 Å². The zero-order valence-corrected chi connectivity index (χ0v) is 21.0. The number of anilines is 1. The lowest BCUT2D eigenvalue weighted by atomic mass is 10.1. The van der Waals surface area contributed by atoms with Crippen molar-refractivity contribution in [3.05, 3.63) is 40.4 Å². The fourth-order valence-corrected chi connectivity index (χ4v) is 3.24. The second-order valence-corrected chi connectivity index (χ2v) is 7.44. The number of aryl methyl sites for hydroxylation is 1. The molecular weight excluding hydrogens is 501 g/mol. The summed E-state index contributed by atoms with van der Waals surface area (Å²) in [5.41, 5.74) is 3.26. The third kappa shape index (κ3) is 8.75. The van der Waals surface area contributed by atoms with Crippen molar-refractivity contribution in [3.63, 3.8) is 0 Å². The number of benzene rings is 1. The van der Waals surface area contributed by atoms with Gasteiger partial charge in [0.1, 0.15) is 5.75 Å². The summed E-state index contributed by atoms with van der Waals surface area (Å²) in [5, 5.41) is 9.70. The van der Waals surface area contributed by atoms with E-state index in [-0.39, 0.29) is 24.0 Å². The number of nitrogens with one attached hydrogen (secondary N) is 2. The minimum atomic E-state index is 0. The normalized spacial score (nSPS) is 11.0. The Kier molecular flexibility index (Phi) is 11.9. The molecule has 0 radical (unpaired) electrons. The van der Waals surface area contributed by atoms with Gasteiger partial charge in [0.15, 0.2) is 11.1 Å². The summed E-state index contributed by atoms with van der Waals surface area (Å²) in [6.45, 7) is 4.64. The number of methoxy groups -OCH3 is 1. The van der Waals surface area contributed by atoms with Crippen LogP contribution >= 0.6 is 35.3 Å². The molecular formula is C20H32IN5O2S. The second-order valence-electron chi connectivity index (χ2n) is 6.60. The maximum Gasteiger partial charge on any atom is 0.191 e. The predicted octanol–water partition coefficient (Wildman–Crippen LogP) is 3.42. The molecule has 1 aromatic heterocycles. The van der Waals surface area contributed by atoms with Crippen LogP contribution in [0.2, 0.25) is 0 Å². The summed E-state index contributed by atoms with van der Waals surface area (Å²) in [6, 6.07) is 6.25. The van der Waals surface area contributed by atoms with Gasteiger partial charge in [0.05, 0.1) is 18.8 Å². The van der Waals surface area contributed by atoms with Crippen molar-refractivity contribution in [2.24, 2.45) is 4.99 Å². The van der Waals surface area contributed by atoms with Crippen LogP contribution in [0.5, 0.6) is 5.75 Å². The molecule has 0 aliphatic rings. The maximum atomic E-state index is 5.95. The van der Waals surface area contributed by atoms with Crippen molar-refractivity contribution < 1.29 is 9.47 Å². The molecule has 9 heteroatoms. The molecule has 162 valence electrons. The first-order valence-electron chi connectivity index (χ1n) is 9.31. The number of guanidine groups is 1. The van der Waals surface area contributed by atoms with E-state index < -0.39 is 0 Å². The molecule has 0 atom stereocenters. The standard InChI is InChI=1S/C20H31N5O2S.HI/c1-15-7-8-16(18(11-15)27-10-6-9-26-5)12-22-19(21-2)23-13-17-14-28-20(24-17)25(3)4;/h7-8,11,14H,6,9-10,12-13H2,1-5H3,(H2,21,22,23);1H. The number of hydrogen-bond donors (Lipinski definition) is 2. The first-order valence-corrected chi connectivity index (χ1v) is 10.2. The van der Waals surface area contributed by atoms with Crippen LogP contribution in [0.15, 0.2) is 28.6 Å². The molecule has 7 nitrogen and oxygen atoms in total. The molecule has 0 saturated heterocycles. The topological polar surface area (TPSA) is 71.0 Å². The molecule has 2 aromatic rings. The zero-order chi connectivity index (χ0) is 20.4. The Morgan fingerprint density at radius 3 is 2.62 bits per heavy atom. The summed E-state index contributed by atoms with van der Waals surface area (Å²) in [6.07, 6.45) is 0.864. The summed E-state index contributed by atoms with van der Waals surface area (Å²) < 4.78 is 11.0. The van der Waals surface area contributed by atoms with Crippen LogP contribution in [0.3, 0.4) is 0 Å². The van der Waals surface area contributed by atoms with Crippen molar-refractivity contribution in [1.29, 1.82) is 0 Å². The molecule has 0 spiro atoms. The third-order valence-corrected chi connectivity index (χ3v) is 5.06. The van der Waals surface area contributed by atoms with Crippen molar-refractivity contribution in [3.8, 4) is 5.75 Å². The fourth-order valence-electron chi connectivity index (χ4n) is 2.48. The highest BCUT2D eigenvalue weighted by atomic mass is 127. The fraction of sp³-hybridized carbons (Fsp3) is 0.500. The molecule has 29 heavy (non-hydrogen) atoms. The third-order valence-electron chi connectivity index (χ3n) is 4.00. The van der Waals surface area contributed by atoms with Crippen LogP contribution in [0.1, 0.15) is 23.2 Å². The number of aromatic nitrogens is 1. The molecule has 1 aromatic carbocycles. The van der Waals surface area contributed by atoms with E-state index in [0.29, 0.717) is 26.3 Å². The van der Waals surface area contributed by atoms with E-state index in [0.717, 1.165) is 34.5 Å². The van der Waals surface area contributed by atoms with Gasteiger partial charge in [0.2, 0.25) is 0 Å². The largest absolute Gasteiger partial charge is 0.493 e. The average molecular weight is 533 g/mol. The average Bonchev–Trinajstić information content (AvgIpc) is 3.16. The number of hydrogen-bond acceptors (Lipinski definition) is 6. The number of aliphatic imine (C=N–C) groups is 1. The molecule has 0 aliphatic heterocycles. The summed E-state index contributed by atoms with van der Waals surface area (Å²) in [5.74, 6) is 1.62. The lowest BCUT2D eigenvalue weighted by Gasteiger charge is -2.15. The highest BCUT2D eigenvalue weighted by Crippen LogP contribution is 2.21. The first-order chi connectivity index (χ1) is 13.5. The van der Waals surface area contributed by atoms with Gasteiger partial charge in [0.25, 0.3) is 0 Å². The van der Waals surface area contributed by atoms with Crippen molar-refractivity contribution in [1.82, 2.24) is 15.6 Å². The molecule has 0 amide bonds. The van der Waals surface area contributed by atoms with Gasteiger partial charge in [-0.05, 0) is 18.6 Å². The predicted molar refractivity (Wildman–Crippen MR) is 132 cm³/mol. The molecule has 0 saturated carbocycles. The Morgan fingerprint density at radius 1 is 1.21 bits per heavy atom. The summed E-state index contributed by atoms with van der Waals surface area (Å²) in [4.78, 5) is 10.9. The van der Waals surface area contributed by atoms with Gasteiger partial charge < -0.3 is 25.0 Å². The Labute approximate surface area is 194 Å². The van der Waals surface area contributed by atoms with Crippen molar-refractivity contribution >= 4 is 46.4 Å². The lowest BCUT2D eigenvalue weighted by Crippen LogP contribution is -2.36. The van der Waals surface area contributed by atoms with E-state index in [1.165, 1.54) is 5.56 Å². The van der Waals surface area contributed by atoms with Gasteiger partial charge >= 0.3 is 0 Å². The van der Waals surface area contributed by atoms with Crippen LogP contribution in [-0.2, 0) is 17.8 Å². The Morgan fingerprint density at radius 2 is 1.97 bits per heavy atom. The van der Waals surface area contributed by atoms with Gasteiger partial charge in [-0.1, -0.05) is 12.1 Å². The molecule has 2 N–H and O–H groups in total. The molecule has 0 fully saturated rings. The summed E-state index contributed by atoms with van der Waals surface area (Å²) >= 11 is 1.63. The van der Waals surface area contributed by atoms with Gasteiger partial charge in [-0.3, -0.25) is 4.99 Å². The Balaban J connectivity index is 0.00000420. The minimum Gasteiger partial charge on any atom is -0.493 e. The van der Waals surface area contributed by atoms with Crippen LogP contribution < -0.4 is 20.3 Å². The Hall–Kier alpha value is -1.59. The molecule has 0 aliphatic carbocycles. The van der Waals surface area contributed by atoms with E-state index >= 15 is 0 Å². The van der Waals surface area contributed by atoms with Gasteiger partial charge in [-0.15, -0.1) is 35.3 Å². The molecule has 0 bridgehead atoms. The van der Waals surface area contributed by atoms with Crippen LogP contribution in [0.4, 0.5) is 5.13 Å². The van der Waals surface area contributed by atoms with E-state index in [4.69, 9.17) is 9.47 Å². The van der Waals surface area contributed by atoms with E-state index in [1.54, 1.807) is 25.5 Å². The quantitative estimate of drug-likeness (QED) is 0.211. The van der Waals surface area contributed by atoms with Crippen molar-refractivity contribution in [2.45, 2.75) is 26.4 Å². The van der Waals surface area contributed by atoms with E-state index in [2.05, 4.69) is 51.1 Å². The maximum absolute atomic E-state index is 5.95. The van der Waals surface area contributed by atoms with Crippen LogP contribution in [0.25, 0.3) is 0 Å². The Bertz CT molecular complexity index is 767. The van der Waals surface area contributed by atoms with Crippen molar-refractivity contribution in [2.75, 3.05) is 46.4 Å². The number of nitrogens with zero attached hydrogens (tertiary/aromatic N) is 3. The van der Waals surface area contributed by atoms with Gasteiger partial charge in [0, 0.05) is 58.8 Å². The zero-order valence-electron chi connectivity index (χ0n) is 17.8. The van der Waals surface area contributed by atoms with Gasteiger partial charge in [-0.2, -0.15) is 0 Å². The number of thiazole rings is 1. The van der Waals surface area contributed by atoms with Crippen LogP contribution in [0, 0.1) is 6.92 Å². The monoisotopic (exact) mass is 533 g/mol. The van der Waals surface area contributed by atoms with Crippen LogP contribution in [-0.4, -0.2) is 52.4 Å². The first kappa shape index (κ1) is 25.4. The second kappa shape index (κ2) is 13.6. The minimum absolute atomic E-state index is 0. The lowest BCUT2D eigenvalue weighted by molar-refractivity contribution is 0.171. The summed E-state index contributed by atoms with van der Waals surface area (Å²) in [7, 11) is 7.45. The number of halogens is 1. The van der Waals surface area contributed by atoms with E-state index in [9.17, 15) is 0 Å². The SMILES string of the molecule is CN=C(NCc1csc(N(C)C)n1)NCc1ccc(C)cc1OCCCOC.I. The number of ether oxygens (including phenoxy) is 2. The molecule has 2 rings (SSSR count). The molecule has 1 heterocycles. The highest BCUT2D eigenvalue weighted by Gasteiger charge is 2.08. The smallest absolute Gasteiger partial charge is 0.191 e. The highest BCUT2D eigenvalue weighted by molar-refractivity contribution is 14.0. The molecule has 0 unspecified atom stereocenters. The number of rotatable bonds is 10. The van der Waals surface area contributed by atoms with Gasteiger partial charge in [-0.25, -0.2) is 4.98 Å².